The van der Waals surface area contributed by atoms with Gasteiger partial charge in [-0.1, -0.05) is 30.7 Å². The predicted molar refractivity (Wildman–Crippen MR) is 127 cm³/mol. The lowest BCUT2D eigenvalue weighted by molar-refractivity contribution is 0.415. The number of fused-ring (bicyclic) bond motifs is 4. The van der Waals surface area contributed by atoms with Crippen molar-refractivity contribution in [3.8, 4) is 11.4 Å². The number of halogens is 1. The highest BCUT2D eigenvalue weighted by Gasteiger charge is 2.23. The van der Waals surface area contributed by atoms with Crippen molar-refractivity contribution in [1.29, 1.82) is 0 Å². The molecule has 3 aromatic heterocycles. The summed E-state index contributed by atoms with van der Waals surface area (Å²) in [6.07, 6.45) is 0.815. The fourth-order valence-electron chi connectivity index (χ4n) is 4.15. The first-order valence-electron chi connectivity index (χ1n) is 10.5. The standard InChI is InChI=1S/C24H22ClN5O2/c1-5-13(2)29-14(3)26-22-20(24(29)31)21-23(28-18-9-7-6-8-17(18)27-21)30(22)15-10-11-19(32-4)16(25)12-15/h6-13H,5H2,1-4H3/t13-/m0/s1. The van der Waals surface area contributed by atoms with E-state index in [9.17, 15) is 4.79 Å². The molecule has 1 atom stereocenters. The van der Waals surface area contributed by atoms with Gasteiger partial charge in [0, 0.05) is 6.04 Å². The molecular weight excluding hydrogens is 426 g/mol. The molecule has 0 unspecified atom stereocenters. The highest BCUT2D eigenvalue weighted by molar-refractivity contribution is 6.32. The lowest BCUT2D eigenvalue weighted by Crippen LogP contribution is -2.26. The van der Waals surface area contributed by atoms with Crippen LogP contribution in [-0.2, 0) is 0 Å². The third-order valence-corrected chi connectivity index (χ3v) is 6.21. The first kappa shape index (κ1) is 20.5. The Kier molecular flexibility index (Phi) is 4.86. The van der Waals surface area contributed by atoms with Gasteiger partial charge in [-0.3, -0.25) is 13.9 Å². The van der Waals surface area contributed by atoms with Crippen molar-refractivity contribution >= 4 is 44.8 Å². The van der Waals surface area contributed by atoms with E-state index in [1.165, 1.54) is 0 Å². The van der Waals surface area contributed by atoms with Crippen molar-refractivity contribution in [2.45, 2.75) is 33.2 Å². The summed E-state index contributed by atoms with van der Waals surface area (Å²) in [5.74, 6) is 1.21. The van der Waals surface area contributed by atoms with Crippen LogP contribution in [0.15, 0.2) is 47.3 Å². The monoisotopic (exact) mass is 447 g/mol. The Bertz CT molecular complexity index is 1570. The number of ether oxygens (including phenoxy) is 1. The van der Waals surface area contributed by atoms with E-state index in [0.29, 0.717) is 38.8 Å². The Labute approximate surface area is 189 Å². The molecular formula is C24H22ClN5O2. The zero-order valence-electron chi connectivity index (χ0n) is 18.3. The van der Waals surface area contributed by atoms with Gasteiger partial charge >= 0.3 is 0 Å². The van der Waals surface area contributed by atoms with Crippen LogP contribution in [0.5, 0.6) is 5.75 Å². The molecule has 7 nitrogen and oxygen atoms in total. The Morgan fingerprint density at radius 1 is 1.06 bits per heavy atom. The van der Waals surface area contributed by atoms with Gasteiger partial charge in [-0.2, -0.15) is 0 Å². The molecule has 0 saturated heterocycles. The third-order valence-electron chi connectivity index (χ3n) is 5.91. The fraction of sp³-hybridized carbons (Fsp3) is 0.250. The molecule has 0 aliphatic rings. The van der Waals surface area contributed by atoms with Gasteiger partial charge in [0.1, 0.15) is 22.5 Å². The minimum atomic E-state index is -0.116. The van der Waals surface area contributed by atoms with Crippen molar-refractivity contribution in [3.05, 3.63) is 63.7 Å². The number of hydrogen-bond donors (Lipinski definition) is 0. The average molecular weight is 448 g/mol. The maximum absolute atomic E-state index is 13.7. The topological polar surface area (TPSA) is 74.8 Å². The minimum Gasteiger partial charge on any atom is -0.495 e. The van der Waals surface area contributed by atoms with Gasteiger partial charge in [-0.25, -0.2) is 15.0 Å². The number of benzene rings is 2. The first-order valence-corrected chi connectivity index (χ1v) is 10.9. The van der Waals surface area contributed by atoms with Crippen LogP contribution >= 0.6 is 11.6 Å². The van der Waals surface area contributed by atoms with E-state index in [-0.39, 0.29) is 11.6 Å². The van der Waals surface area contributed by atoms with E-state index in [0.717, 1.165) is 23.1 Å². The van der Waals surface area contributed by atoms with Crippen LogP contribution < -0.4 is 10.3 Å². The Morgan fingerprint density at radius 2 is 1.78 bits per heavy atom. The van der Waals surface area contributed by atoms with E-state index in [4.69, 9.17) is 31.3 Å². The largest absolute Gasteiger partial charge is 0.495 e. The summed E-state index contributed by atoms with van der Waals surface area (Å²) in [5.41, 5.74) is 3.68. The van der Waals surface area contributed by atoms with Gasteiger partial charge in [0.05, 0.1) is 28.9 Å². The maximum atomic E-state index is 13.7. The summed E-state index contributed by atoms with van der Waals surface area (Å²) in [6.45, 7) is 5.93. The molecule has 0 fully saturated rings. The molecule has 0 amide bonds. The van der Waals surface area contributed by atoms with Crippen molar-refractivity contribution in [3.63, 3.8) is 0 Å². The summed E-state index contributed by atoms with van der Waals surface area (Å²) in [5, 5.41) is 0.912. The summed E-state index contributed by atoms with van der Waals surface area (Å²) >= 11 is 6.43. The molecule has 0 aliphatic carbocycles. The van der Waals surface area contributed by atoms with Crippen molar-refractivity contribution in [2.24, 2.45) is 0 Å². The number of aromatic nitrogens is 5. The molecule has 32 heavy (non-hydrogen) atoms. The molecule has 0 bridgehead atoms. The van der Waals surface area contributed by atoms with Crippen LogP contribution in [-0.4, -0.2) is 31.2 Å². The van der Waals surface area contributed by atoms with Gasteiger partial charge in [0.2, 0.25) is 0 Å². The molecule has 0 spiro atoms. The van der Waals surface area contributed by atoms with Crippen LogP contribution in [0, 0.1) is 6.92 Å². The van der Waals surface area contributed by atoms with E-state index >= 15 is 0 Å². The van der Waals surface area contributed by atoms with Crippen LogP contribution in [0.3, 0.4) is 0 Å². The van der Waals surface area contributed by atoms with E-state index in [1.54, 1.807) is 23.8 Å². The summed E-state index contributed by atoms with van der Waals surface area (Å²) in [4.78, 5) is 28.3. The number of nitrogens with zero attached hydrogens (tertiary/aromatic N) is 5. The first-order chi connectivity index (χ1) is 15.4. The van der Waals surface area contributed by atoms with Crippen molar-refractivity contribution in [2.75, 3.05) is 7.11 Å². The average Bonchev–Trinajstić information content (AvgIpc) is 3.10. The minimum absolute atomic E-state index is 0.0154. The SMILES string of the molecule is CC[C@H](C)n1c(C)nc2c(c1=O)c1nc3ccccc3nc1n2-c1ccc(OC)c(Cl)c1. The van der Waals surface area contributed by atoms with Crippen LogP contribution in [0.1, 0.15) is 32.1 Å². The summed E-state index contributed by atoms with van der Waals surface area (Å²) in [7, 11) is 1.57. The van der Waals surface area contributed by atoms with Gasteiger partial charge < -0.3 is 4.74 Å². The fourth-order valence-corrected chi connectivity index (χ4v) is 4.40. The van der Waals surface area contributed by atoms with E-state index < -0.39 is 0 Å². The van der Waals surface area contributed by atoms with Crippen LogP contribution in [0.25, 0.3) is 38.9 Å². The van der Waals surface area contributed by atoms with Gasteiger partial charge in [-0.15, -0.1) is 0 Å². The van der Waals surface area contributed by atoms with E-state index in [1.807, 2.05) is 48.7 Å². The van der Waals surface area contributed by atoms with Crippen LogP contribution in [0.4, 0.5) is 0 Å². The summed E-state index contributed by atoms with van der Waals surface area (Å²) in [6, 6.07) is 13.1. The molecule has 5 aromatic rings. The lowest BCUT2D eigenvalue weighted by Gasteiger charge is -2.16. The lowest BCUT2D eigenvalue weighted by atomic mass is 10.2. The number of methoxy groups -OCH3 is 1. The van der Waals surface area contributed by atoms with Gasteiger partial charge in [0.25, 0.3) is 5.56 Å². The molecule has 162 valence electrons. The normalized spacial score (nSPS) is 12.7. The molecule has 8 heteroatoms. The Morgan fingerprint density at radius 3 is 2.44 bits per heavy atom. The number of aryl methyl sites for hydroxylation is 1. The molecule has 5 rings (SSSR count). The highest BCUT2D eigenvalue weighted by atomic mass is 35.5. The molecule has 0 aliphatic heterocycles. The van der Waals surface area contributed by atoms with Crippen LogP contribution in [0.2, 0.25) is 5.02 Å². The second kappa shape index (κ2) is 7.60. The molecule has 0 N–H and O–H groups in total. The van der Waals surface area contributed by atoms with Crippen molar-refractivity contribution < 1.29 is 4.74 Å². The Balaban J connectivity index is 1.99. The Hall–Kier alpha value is -3.45. The van der Waals surface area contributed by atoms with Crippen molar-refractivity contribution in [1.82, 2.24) is 24.1 Å². The molecule has 0 saturated carbocycles. The summed E-state index contributed by atoms with van der Waals surface area (Å²) < 4.78 is 8.90. The zero-order chi connectivity index (χ0) is 22.6. The van der Waals surface area contributed by atoms with E-state index in [2.05, 4.69) is 6.92 Å². The molecule has 0 radical (unpaired) electrons. The quantitative estimate of drug-likeness (QED) is 0.377. The predicted octanol–water partition coefficient (Wildman–Crippen LogP) is 5.23. The highest BCUT2D eigenvalue weighted by Crippen LogP contribution is 2.32. The number of para-hydroxylation sites is 2. The van der Waals surface area contributed by atoms with Gasteiger partial charge in [-0.05, 0) is 50.6 Å². The molecule has 2 aromatic carbocycles. The third kappa shape index (κ3) is 2.96. The smallest absolute Gasteiger partial charge is 0.265 e. The zero-order valence-corrected chi connectivity index (χ0v) is 19.0. The van der Waals surface area contributed by atoms with Gasteiger partial charge in [0.15, 0.2) is 11.3 Å². The number of rotatable bonds is 4. The molecule has 3 heterocycles. The maximum Gasteiger partial charge on any atom is 0.265 e. The second-order valence-corrected chi connectivity index (χ2v) is 8.24. The second-order valence-electron chi connectivity index (χ2n) is 7.83. The number of hydrogen-bond acceptors (Lipinski definition) is 5.